The molecule has 0 fully saturated rings. The second-order valence-corrected chi connectivity index (χ2v) is 4.88. The number of nitrogens with one attached hydrogen (secondary N) is 1. The molecule has 1 N–H and O–H groups in total. The third-order valence-electron chi connectivity index (χ3n) is 3.28. The summed E-state index contributed by atoms with van der Waals surface area (Å²) in [5.41, 5.74) is 1.74. The quantitative estimate of drug-likeness (QED) is 0.759. The Morgan fingerprint density at radius 2 is 1.82 bits per heavy atom. The van der Waals surface area contributed by atoms with Gasteiger partial charge in [-0.2, -0.15) is 13.2 Å². The van der Waals surface area contributed by atoms with Crippen molar-refractivity contribution in [1.29, 1.82) is 0 Å². The number of rotatable bonds is 2. The van der Waals surface area contributed by atoms with Gasteiger partial charge in [-0.05, 0) is 31.2 Å². The Labute approximate surface area is 124 Å². The topological polar surface area (TPSA) is 41.6 Å². The van der Waals surface area contributed by atoms with Crippen molar-refractivity contribution in [2.45, 2.75) is 13.1 Å². The Kier molecular flexibility index (Phi) is 3.44. The number of halogens is 3. The van der Waals surface area contributed by atoms with Gasteiger partial charge in [0.2, 0.25) is 0 Å². The van der Waals surface area contributed by atoms with Gasteiger partial charge in [0.05, 0.1) is 11.3 Å². The fourth-order valence-corrected chi connectivity index (χ4v) is 2.22. The van der Waals surface area contributed by atoms with E-state index >= 15 is 0 Å². The molecule has 0 aliphatic carbocycles. The number of aryl methyl sites for hydroxylation is 1. The van der Waals surface area contributed by atoms with E-state index in [2.05, 4.69) is 15.0 Å². The van der Waals surface area contributed by atoms with Gasteiger partial charge in [0.1, 0.15) is 5.82 Å². The molecule has 0 unspecified atom stereocenters. The Hall–Kier alpha value is -2.63. The minimum absolute atomic E-state index is 0.429. The molecule has 22 heavy (non-hydrogen) atoms. The number of aromatic amines is 1. The zero-order valence-corrected chi connectivity index (χ0v) is 11.6. The molecule has 2 aromatic heterocycles. The van der Waals surface area contributed by atoms with Gasteiger partial charge in [-0.25, -0.2) is 4.98 Å². The van der Waals surface area contributed by atoms with Crippen LogP contribution in [0.4, 0.5) is 13.2 Å². The van der Waals surface area contributed by atoms with E-state index in [1.807, 2.05) is 6.07 Å². The highest BCUT2D eigenvalue weighted by atomic mass is 19.4. The number of aromatic nitrogens is 3. The second-order valence-electron chi connectivity index (χ2n) is 4.88. The zero-order chi connectivity index (χ0) is 15.7. The van der Waals surface area contributed by atoms with Crippen molar-refractivity contribution >= 4 is 0 Å². The van der Waals surface area contributed by atoms with Crippen molar-refractivity contribution in [1.82, 2.24) is 15.0 Å². The molecule has 3 nitrogen and oxygen atoms in total. The second kappa shape index (κ2) is 5.29. The first-order chi connectivity index (χ1) is 10.4. The highest BCUT2D eigenvalue weighted by molar-refractivity contribution is 5.67. The average Bonchev–Trinajstić information content (AvgIpc) is 2.89. The van der Waals surface area contributed by atoms with Crippen LogP contribution in [0.3, 0.4) is 0 Å². The lowest BCUT2D eigenvalue weighted by Gasteiger charge is -2.07. The van der Waals surface area contributed by atoms with E-state index < -0.39 is 11.7 Å². The van der Waals surface area contributed by atoms with Crippen molar-refractivity contribution < 1.29 is 13.2 Å². The molecule has 0 saturated carbocycles. The first-order valence-electron chi connectivity index (χ1n) is 6.60. The van der Waals surface area contributed by atoms with E-state index in [4.69, 9.17) is 0 Å². The van der Waals surface area contributed by atoms with Crippen LogP contribution in [-0.4, -0.2) is 15.0 Å². The molecular weight excluding hydrogens is 291 g/mol. The van der Waals surface area contributed by atoms with E-state index in [-0.39, 0.29) is 0 Å². The SMILES string of the molecule is Cc1[nH]c(-c2cccnc2)nc1-c1cccc(C(F)(F)F)c1. The van der Waals surface area contributed by atoms with Crippen LogP contribution in [0.5, 0.6) is 0 Å². The molecule has 3 aromatic rings. The van der Waals surface area contributed by atoms with Crippen LogP contribution in [0.1, 0.15) is 11.3 Å². The molecule has 112 valence electrons. The van der Waals surface area contributed by atoms with Crippen LogP contribution in [0, 0.1) is 6.92 Å². The van der Waals surface area contributed by atoms with Crippen molar-refractivity contribution in [3.63, 3.8) is 0 Å². The fourth-order valence-electron chi connectivity index (χ4n) is 2.22. The van der Waals surface area contributed by atoms with Crippen LogP contribution < -0.4 is 0 Å². The maximum Gasteiger partial charge on any atom is 0.416 e. The van der Waals surface area contributed by atoms with Gasteiger partial charge in [-0.15, -0.1) is 0 Å². The van der Waals surface area contributed by atoms with Gasteiger partial charge in [0, 0.05) is 29.2 Å². The standard InChI is InChI=1S/C16H12F3N3/c1-10-14(11-4-2-6-13(8-11)16(17,18)19)22-15(21-10)12-5-3-7-20-9-12/h2-9H,1H3,(H,21,22). The maximum atomic E-state index is 12.8. The molecule has 0 aliphatic rings. The number of imidazole rings is 1. The van der Waals surface area contributed by atoms with Gasteiger partial charge in [-0.3, -0.25) is 4.98 Å². The van der Waals surface area contributed by atoms with Crippen molar-refractivity contribution in [2.24, 2.45) is 0 Å². The van der Waals surface area contributed by atoms with E-state index in [1.165, 1.54) is 6.07 Å². The van der Waals surface area contributed by atoms with E-state index in [0.29, 0.717) is 22.8 Å². The molecule has 0 atom stereocenters. The molecule has 0 saturated heterocycles. The van der Waals surface area contributed by atoms with Crippen molar-refractivity contribution in [3.05, 3.63) is 60.0 Å². The normalized spacial score (nSPS) is 11.6. The molecule has 1 aromatic carbocycles. The minimum Gasteiger partial charge on any atom is -0.341 e. The summed E-state index contributed by atoms with van der Waals surface area (Å²) in [4.78, 5) is 11.5. The smallest absolute Gasteiger partial charge is 0.341 e. The number of hydrogen-bond donors (Lipinski definition) is 1. The van der Waals surface area contributed by atoms with Gasteiger partial charge in [0.25, 0.3) is 0 Å². The summed E-state index contributed by atoms with van der Waals surface area (Å²) >= 11 is 0. The van der Waals surface area contributed by atoms with Gasteiger partial charge >= 0.3 is 6.18 Å². The fraction of sp³-hybridized carbons (Fsp3) is 0.125. The first kappa shape index (κ1) is 14.3. The summed E-state index contributed by atoms with van der Waals surface area (Å²) in [6.07, 6.45) is -1.08. The molecule has 0 amide bonds. The predicted octanol–water partition coefficient (Wildman–Crippen LogP) is 4.47. The number of hydrogen-bond acceptors (Lipinski definition) is 2. The van der Waals surface area contributed by atoms with Crippen LogP contribution >= 0.6 is 0 Å². The van der Waals surface area contributed by atoms with Crippen LogP contribution in [0.2, 0.25) is 0 Å². The summed E-state index contributed by atoms with van der Waals surface area (Å²) in [5.74, 6) is 0.581. The summed E-state index contributed by atoms with van der Waals surface area (Å²) in [7, 11) is 0. The lowest BCUT2D eigenvalue weighted by atomic mass is 10.1. The zero-order valence-electron chi connectivity index (χ0n) is 11.6. The monoisotopic (exact) mass is 303 g/mol. The molecule has 6 heteroatoms. The highest BCUT2D eigenvalue weighted by Crippen LogP contribution is 2.33. The van der Waals surface area contributed by atoms with Crippen LogP contribution in [0.15, 0.2) is 48.8 Å². The van der Waals surface area contributed by atoms with E-state index in [9.17, 15) is 13.2 Å². The minimum atomic E-state index is -4.37. The number of benzene rings is 1. The van der Waals surface area contributed by atoms with E-state index in [0.717, 1.165) is 17.7 Å². The maximum absolute atomic E-state index is 12.8. The number of alkyl halides is 3. The predicted molar refractivity (Wildman–Crippen MR) is 77.0 cm³/mol. The number of nitrogens with zero attached hydrogens (tertiary/aromatic N) is 2. The van der Waals surface area contributed by atoms with Crippen LogP contribution in [-0.2, 0) is 6.18 Å². The first-order valence-corrected chi connectivity index (χ1v) is 6.60. The third kappa shape index (κ3) is 2.72. The average molecular weight is 303 g/mol. The third-order valence-corrected chi connectivity index (χ3v) is 3.28. The summed E-state index contributed by atoms with van der Waals surface area (Å²) in [5, 5.41) is 0. The Morgan fingerprint density at radius 3 is 2.50 bits per heavy atom. The lowest BCUT2D eigenvalue weighted by Crippen LogP contribution is -2.04. The van der Waals surface area contributed by atoms with Crippen LogP contribution in [0.25, 0.3) is 22.6 Å². The van der Waals surface area contributed by atoms with Crippen molar-refractivity contribution in [2.75, 3.05) is 0 Å². The Bertz CT molecular complexity index is 792. The number of pyridine rings is 1. The molecule has 0 spiro atoms. The van der Waals surface area contributed by atoms with Gasteiger partial charge in [-0.1, -0.05) is 12.1 Å². The molecule has 0 aliphatic heterocycles. The highest BCUT2D eigenvalue weighted by Gasteiger charge is 2.30. The largest absolute Gasteiger partial charge is 0.416 e. The lowest BCUT2D eigenvalue weighted by molar-refractivity contribution is -0.137. The van der Waals surface area contributed by atoms with Gasteiger partial charge < -0.3 is 4.98 Å². The molecular formula is C16H12F3N3. The molecule has 0 bridgehead atoms. The number of H-pyrrole nitrogens is 1. The summed E-state index contributed by atoms with van der Waals surface area (Å²) in [6.45, 7) is 1.78. The molecule has 2 heterocycles. The Morgan fingerprint density at radius 1 is 1.05 bits per heavy atom. The molecule has 0 radical (unpaired) electrons. The summed E-state index contributed by atoms with van der Waals surface area (Å²) < 4.78 is 38.5. The Balaban J connectivity index is 2.05. The van der Waals surface area contributed by atoms with Gasteiger partial charge in [0.15, 0.2) is 0 Å². The van der Waals surface area contributed by atoms with E-state index in [1.54, 1.807) is 31.5 Å². The molecule has 3 rings (SSSR count). The van der Waals surface area contributed by atoms with Crippen molar-refractivity contribution in [3.8, 4) is 22.6 Å². The summed E-state index contributed by atoms with van der Waals surface area (Å²) in [6, 6.07) is 8.77.